The van der Waals surface area contributed by atoms with E-state index in [9.17, 15) is 18.4 Å². The molecule has 1 unspecified atom stereocenters. The van der Waals surface area contributed by atoms with Gasteiger partial charge in [-0.2, -0.15) is 0 Å². The molecule has 96 valence electrons. The number of halogens is 2. The second-order valence-corrected chi connectivity index (χ2v) is 3.72. The Morgan fingerprint density at radius 2 is 2.06 bits per heavy atom. The smallest absolute Gasteiger partial charge is 0.249 e. The SMILES string of the molecule is O=C1COCC(C(=O)Nc2c(F)cccc2F)N1. The van der Waals surface area contributed by atoms with Crippen molar-refractivity contribution in [3.05, 3.63) is 29.8 Å². The molecule has 1 aromatic rings. The van der Waals surface area contributed by atoms with Crippen LogP contribution >= 0.6 is 0 Å². The number of hydrogen-bond acceptors (Lipinski definition) is 3. The Balaban J connectivity index is 2.09. The van der Waals surface area contributed by atoms with E-state index in [1.165, 1.54) is 6.07 Å². The number of morpholine rings is 1. The van der Waals surface area contributed by atoms with Crippen molar-refractivity contribution in [3.63, 3.8) is 0 Å². The molecule has 0 spiro atoms. The number of carbonyl (C=O) groups excluding carboxylic acids is 2. The summed E-state index contributed by atoms with van der Waals surface area (Å²) in [6, 6.07) is 2.28. The van der Waals surface area contributed by atoms with Crippen molar-refractivity contribution in [1.82, 2.24) is 5.32 Å². The van der Waals surface area contributed by atoms with Crippen molar-refractivity contribution in [2.24, 2.45) is 0 Å². The average molecular weight is 256 g/mol. The predicted molar refractivity (Wildman–Crippen MR) is 57.7 cm³/mol. The molecule has 2 amide bonds. The van der Waals surface area contributed by atoms with Crippen LogP contribution in [0.15, 0.2) is 18.2 Å². The predicted octanol–water partition coefficient (Wildman–Crippen LogP) is 0.418. The van der Waals surface area contributed by atoms with E-state index in [4.69, 9.17) is 4.74 Å². The van der Waals surface area contributed by atoms with Gasteiger partial charge in [-0.05, 0) is 12.1 Å². The molecule has 0 saturated carbocycles. The number of benzene rings is 1. The molecule has 1 fully saturated rings. The molecule has 0 radical (unpaired) electrons. The third kappa shape index (κ3) is 2.62. The van der Waals surface area contributed by atoms with Gasteiger partial charge in [0.1, 0.15) is 30.0 Å². The molecule has 1 atom stereocenters. The van der Waals surface area contributed by atoms with Gasteiger partial charge in [-0.25, -0.2) is 8.78 Å². The minimum Gasteiger partial charge on any atom is -0.369 e. The number of amides is 2. The summed E-state index contributed by atoms with van der Waals surface area (Å²) in [5.74, 6) is -2.94. The summed E-state index contributed by atoms with van der Waals surface area (Å²) < 4.78 is 31.4. The molecule has 2 N–H and O–H groups in total. The van der Waals surface area contributed by atoms with Crippen LogP contribution in [0.4, 0.5) is 14.5 Å². The highest BCUT2D eigenvalue weighted by molar-refractivity contribution is 5.98. The molecule has 1 heterocycles. The van der Waals surface area contributed by atoms with E-state index in [1.807, 2.05) is 0 Å². The highest BCUT2D eigenvalue weighted by atomic mass is 19.1. The van der Waals surface area contributed by atoms with Crippen LogP contribution in [0.3, 0.4) is 0 Å². The van der Waals surface area contributed by atoms with E-state index in [1.54, 1.807) is 0 Å². The highest BCUT2D eigenvalue weighted by Gasteiger charge is 2.26. The van der Waals surface area contributed by atoms with E-state index >= 15 is 0 Å². The van der Waals surface area contributed by atoms with Gasteiger partial charge in [0.25, 0.3) is 0 Å². The Morgan fingerprint density at radius 1 is 1.39 bits per heavy atom. The first-order valence-corrected chi connectivity index (χ1v) is 5.20. The second kappa shape index (κ2) is 5.09. The molecule has 5 nitrogen and oxygen atoms in total. The van der Waals surface area contributed by atoms with Crippen LogP contribution in [0.5, 0.6) is 0 Å². The fraction of sp³-hybridized carbons (Fsp3) is 0.273. The Kier molecular flexibility index (Phi) is 3.52. The summed E-state index contributed by atoms with van der Waals surface area (Å²) in [7, 11) is 0. The van der Waals surface area contributed by atoms with Gasteiger partial charge < -0.3 is 15.4 Å². The van der Waals surface area contributed by atoms with Crippen LogP contribution in [-0.4, -0.2) is 31.1 Å². The first-order chi connectivity index (χ1) is 8.58. The van der Waals surface area contributed by atoms with Crippen LogP contribution < -0.4 is 10.6 Å². The quantitative estimate of drug-likeness (QED) is 0.805. The summed E-state index contributed by atoms with van der Waals surface area (Å²) in [6.45, 7) is -0.161. The van der Waals surface area contributed by atoms with Crippen molar-refractivity contribution >= 4 is 17.5 Å². The van der Waals surface area contributed by atoms with E-state index in [0.717, 1.165) is 12.1 Å². The lowest BCUT2D eigenvalue weighted by molar-refractivity contribution is -0.136. The zero-order valence-corrected chi connectivity index (χ0v) is 9.20. The highest BCUT2D eigenvalue weighted by Crippen LogP contribution is 2.18. The summed E-state index contributed by atoms with van der Waals surface area (Å²) in [6.07, 6.45) is 0. The number of para-hydroxylation sites is 1. The number of nitrogens with one attached hydrogen (secondary N) is 2. The van der Waals surface area contributed by atoms with Crippen molar-refractivity contribution in [2.45, 2.75) is 6.04 Å². The average Bonchev–Trinajstić information content (AvgIpc) is 2.34. The van der Waals surface area contributed by atoms with E-state index in [0.29, 0.717) is 0 Å². The van der Waals surface area contributed by atoms with E-state index < -0.39 is 35.2 Å². The first-order valence-electron chi connectivity index (χ1n) is 5.20. The van der Waals surface area contributed by atoms with Gasteiger partial charge in [0.2, 0.25) is 11.8 Å². The number of ether oxygens (including phenoxy) is 1. The summed E-state index contributed by atoms with van der Waals surface area (Å²) >= 11 is 0. The lowest BCUT2D eigenvalue weighted by atomic mass is 10.2. The molecule has 7 heteroatoms. The second-order valence-electron chi connectivity index (χ2n) is 3.72. The topological polar surface area (TPSA) is 67.4 Å². The van der Waals surface area contributed by atoms with Gasteiger partial charge in [-0.15, -0.1) is 0 Å². The molecule has 2 rings (SSSR count). The van der Waals surface area contributed by atoms with Crippen LogP contribution in [-0.2, 0) is 14.3 Å². The Labute approximate surface area is 101 Å². The molecule has 0 bridgehead atoms. The summed E-state index contributed by atoms with van der Waals surface area (Å²) in [4.78, 5) is 22.7. The van der Waals surface area contributed by atoms with Gasteiger partial charge in [0.05, 0.1) is 6.61 Å². The maximum absolute atomic E-state index is 13.3. The minimum absolute atomic E-state index is 0.0341. The molecular formula is C11H10F2N2O3. The summed E-state index contributed by atoms with van der Waals surface area (Å²) in [5, 5.41) is 4.44. The van der Waals surface area contributed by atoms with Crippen LogP contribution in [0, 0.1) is 11.6 Å². The largest absolute Gasteiger partial charge is 0.369 e. The Bertz CT molecular complexity index is 473. The van der Waals surface area contributed by atoms with Crippen molar-refractivity contribution in [1.29, 1.82) is 0 Å². The molecule has 1 aliphatic rings. The molecule has 1 aromatic carbocycles. The van der Waals surface area contributed by atoms with Crippen molar-refractivity contribution in [2.75, 3.05) is 18.5 Å². The number of carbonyl (C=O) groups is 2. The molecule has 1 saturated heterocycles. The van der Waals surface area contributed by atoms with Crippen molar-refractivity contribution in [3.8, 4) is 0 Å². The normalized spacial score (nSPS) is 19.2. The third-order valence-electron chi connectivity index (χ3n) is 2.38. The molecule has 0 aromatic heterocycles. The zero-order valence-electron chi connectivity index (χ0n) is 9.20. The fourth-order valence-electron chi connectivity index (χ4n) is 1.52. The van der Waals surface area contributed by atoms with Crippen LogP contribution in [0.1, 0.15) is 0 Å². The number of anilines is 1. The molecule has 18 heavy (non-hydrogen) atoms. The summed E-state index contributed by atoms with van der Waals surface area (Å²) in [5.41, 5.74) is -0.540. The van der Waals surface area contributed by atoms with Gasteiger partial charge in [0, 0.05) is 0 Å². The third-order valence-corrected chi connectivity index (χ3v) is 2.38. The van der Waals surface area contributed by atoms with Crippen LogP contribution in [0.2, 0.25) is 0 Å². The lowest BCUT2D eigenvalue weighted by Gasteiger charge is -2.22. The zero-order chi connectivity index (χ0) is 13.1. The minimum atomic E-state index is -0.953. The van der Waals surface area contributed by atoms with E-state index in [2.05, 4.69) is 10.6 Å². The van der Waals surface area contributed by atoms with Gasteiger partial charge in [-0.1, -0.05) is 6.07 Å². The first kappa shape index (κ1) is 12.4. The van der Waals surface area contributed by atoms with Gasteiger partial charge >= 0.3 is 0 Å². The monoisotopic (exact) mass is 256 g/mol. The molecule has 0 aliphatic carbocycles. The molecular weight excluding hydrogens is 246 g/mol. The Hall–Kier alpha value is -2.02. The standard InChI is InChI=1S/C11H10F2N2O3/c12-6-2-1-3-7(13)10(6)15-11(17)8-4-18-5-9(16)14-8/h1-3,8H,4-5H2,(H,14,16)(H,15,17). The maximum atomic E-state index is 13.3. The van der Waals surface area contributed by atoms with Crippen LogP contribution in [0.25, 0.3) is 0 Å². The Morgan fingerprint density at radius 3 is 2.67 bits per heavy atom. The van der Waals surface area contributed by atoms with Crippen molar-refractivity contribution < 1.29 is 23.1 Å². The van der Waals surface area contributed by atoms with E-state index in [-0.39, 0.29) is 13.2 Å². The van der Waals surface area contributed by atoms with Gasteiger partial charge in [0.15, 0.2) is 0 Å². The van der Waals surface area contributed by atoms with Gasteiger partial charge in [-0.3, -0.25) is 9.59 Å². The fourth-order valence-corrected chi connectivity index (χ4v) is 1.52. The lowest BCUT2D eigenvalue weighted by Crippen LogP contribution is -2.52. The number of rotatable bonds is 2. The number of hydrogen-bond donors (Lipinski definition) is 2. The maximum Gasteiger partial charge on any atom is 0.249 e. The molecule has 1 aliphatic heterocycles.